The van der Waals surface area contributed by atoms with Crippen molar-refractivity contribution in [1.82, 2.24) is 15.2 Å². The molecule has 170 valence electrons. The highest BCUT2D eigenvalue weighted by molar-refractivity contribution is 5.82. The number of para-hydroxylation sites is 1. The highest BCUT2D eigenvalue weighted by atomic mass is 16.3. The van der Waals surface area contributed by atoms with Crippen molar-refractivity contribution in [1.29, 1.82) is 0 Å². The summed E-state index contributed by atoms with van der Waals surface area (Å²) in [5, 5.41) is 4.54. The lowest BCUT2D eigenvalue weighted by Gasteiger charge is -2.38. The molecular weight excluding hydrogens is 398 g/mol. The van der Waals surface area contributed by atoms with Gasteiger partial charge >= 0.3 is 0 Å². The van der Waals surface area contributed by atoms with Crippen LogP contribution >= 0.6 is 0 Å². The van der Waals surface area contributed by atoms with Crippen molar-refractivity contribution in [3.8, 4) is 0 Å². The van der Waals surface area contributed by atoms with Gasteiger partial charge < -0.3 is 9.73 Å². The van der Waals surface area contributed by atoms with E-state index in [-0.39, 0.29) is 11.9 Å². The third-order valence-corrected chi connectivity index (χ3v) is 6.47. The summed E-state index contributed by atoms with van der Waals surface area (Å²) in [7, 11) is 0. The zero-order chi connectivity index (χ0) is 22.7. The van der Waals surface area contributed by atoms with E-state index >= 15 is 0 Å². The van der Waals surface area contributed by atoms with Crippen LogP contribution in [0, 0.1) is 11.3 Å². The van der Waals surface area contributed by atoms with Gasteiger partial charge in [-0.3, -0.25) is 14.7 Å². The lowest BCUT2D eigenvalue weighted by atomic mass is 9.86. The maximum Gasteiger partial charge on any atom is 0.225 e. The second-order valence-corrected chi connectivity index (χ2v) is 9.95. The first-order valence-electron chi connectivity index (χ1n) is 11.8. The van der Waals surface area contributed by atoms with Gasteiger partial charge in [0.1, 0.15) is 11.3 Å². The Hall–Kier alpha value is -2.66. The topological polar surface area (TPSA) is 58.4 Å². The number of aryl methyl sites for hydroxylation is 1. The van der Waals surface area contributed by atoms with Crippen molar-refractivity contribution in [2.24, 2.45) is 11.3 Å². The fourth-order valence-corrected chi connectivity index (χ4v) is 4.69. The Kier molecular flexibility index (Phi) is 6.66. The summed E-state index contributed by atoms with van der Waals surface area (Å²) >= 11 is 0. The van der Waals surface area contributed by atoms with E-state index in [1.165, 1.54) is 10.9 Å². The van der Waals surface area contributed by atoms with Crippen molar-refractivity contribution in [3.63, 3.8) is 0 Å². The molecule has 1 amide bonds. The lowest BCUT2D eigenvalue weighted by molar-refractivity contribution is -0.130. The summed E-state index contributed by atoms with van der Waals surface area (Å²) in [6.45, 7) is 10.9. The number of carbonyl (C=O) groups excluding carboxylic acids is 1. The summed E-state index contributed by atoms with van der Waals surface area (Å²) in [5.41, 5.74) is 2.78. The van der Waals surface area contributed by atoms with Crippen molar-refractivity contribution >= 4 is 16.9 Å². The molecular formula is C27H35N3O2. The summed E-state index contributed by atoms with van der Waals surface area (Å²) in [4.78, 5) is 20.0. The molecule has 4 rings (SSSR count). The van der Waals surface area contributed by atoms with Gasteiger partial charge in [0.25, 0.3) is 0 Å². The predicted molar refractivity (Wildman–Crippen MR) is 128 cm³/mol. The van der Waals surface area contributed by atoms with E-state index in [9.17, 15) is 4.79 Å². The van der Waals surface area contributed by atoms with Crippen LogP contribution in [0.2, 0.25) is 0 Å². The molecule has 3 aromatic rings. The van der Waals surface area contributed by atoms with Gasteiger partial charge in [-0.1, -0.05) is 52.0 Å². The SMILES string of the molecule is CCc1oc2ccccc2c1CN1CCCC(C(NC(=O)C(C)(C)C)c2ccccn2)C1. The third kappa shape index (κ3) is 4.88. The van der Waals surface area contributed by atoms with Crippen molar-refractivity contribution in [3.05, 3.63) is 65.7 Å². The van der Waals surface area contributed by atoms with Crippen LogP contribution in [0.15, 0.2) is 53.1 Å². The van der Waals surface area contributed by atoms with Crippen LogP contribution in [0.4, 0.5) is 0 Å². The van der Waals surface area contributed by atoms with Gasteiger partial charge in [-0.15, -0.1) is 0 Å². The molecule has 0 aliphatic carbocycles. The van der Waals surface area contributed by atoms with Crippen molar-refractivity contribution in [2.75, 3.05) is 13.1 Å². The van der Waals surface area contributed by atoms with Gasteiger partial charge in [-0.25, -0.2) is 0 Å². The largest absolute Gasteiger partial charge is 0.461 e. The van der Waals surface area contributed by atoms with Gasteiger partial charge in [0.15, 0.2) is 0 Å². The molecule has 0 bridgehead atoms. The maximum atomic E-state index is 12.9. The molecule has 0 saturated carbocycles. The monoisotopic (exact) mass is 433 g/mol. The molecule has 5 heteroatoms. The molecule has 1 aromatic carbocycles. The average Bonchev–Trinajstić information content (AvgIpc) is 3.15. The third-order valence-electron chi connectivity index (χ3n) is 6.47. The molecule has 5 nitrogen and oxygen atoms in total. The summed E-state index contributed by atoms with van der Waals surface area (Å²) in [5.74, 6) is 1.46. The van der Waals surface area contributed by atoms with Gasteiger partial charge in [0.05, 0.1) is 11.7 Å². The molecule has 32 heavy (non-hydrogen) atoms. The zero-order valence-corrected chi connectivity index (χ0v) is 19.7. The number of fused-ring (bicyclic) bond motifs is 1. The minimum absolute atomic E-state index is 0.0689. The molecule has 2 atom stereocenters. The van der Waals surface area contributed by atoms with E-state index in [0.717, 1.165) is 55.9 Å². The normalized spacial score (nSPS) is 18.6. The molecule has 1 fully saturated rings. The molecule has 3 heterocycles. The van der Waals surface area contributed by atoms with Crippen LogP contribution in [0.3, 0.4) is 0 Å². The van der Waals surface area contributed by atoms with E-state index in [4.69, 9.17) is 4.42 Å². The minimum atomic E-state index is -0.437. The first-order valence-corrected chi connectivity index (χ1v) is 11.8. The van der Waals surface area contributed by atoms with Crippen molar-refractivity contribution in [2.45, 2.75) is 59.5 Å². The van der Waals surface area contributed by atoms with E-state index in [0.29, 0.717) is 5.92 Å². The number of hydrogen-bond acceptors (Lipinski definition) is 4. The zero-order valence-electron chi connectivity index (χ0n) is 19.7. The van der Waals surface area contributed by atoms with Gasteiger partial charge in [0, 0.05) is 42.1 Å². The number of pyridine rings is 1. The number of hydrogen-bond donors (Lipinski definition) is 1. The van der Waals surface area contributed by atoms with E-state index in [1.807, 2.05) is 51.2 Å². The molecule has 0 radical (unpaired) electrons. The number of nitrogens with zero attached hydrogens (tertiary/aromatic N) is 2. The van der Waals surface area contributed by atoms with Crippen LogP contribution in [0.1, 0.15) is 63.6 Å². The maximum absolute atomic E-state index is 12.9. The number of piperidine rings is 1. The Labute approximate surface area is 191 Å². The minimum Gasteiger partial charge on any atom is -0.461 e. The Balaban J connectivity index is 1.57. The number of nitrogens with one attached hydrogen (secondary N) is 1. The average molecular weight is 434 g/mol. The number of aromatic nitrogens is 1. The smallest absolute Gasteiger partial charge is 0.225 e. The summed E-state index contributed by atoms with van der Waals surface area (Å²) in [6.07, 6.45) is 4.89. The van der Waals surface area contributed by atoms with Crippen LogP contribution < -0.4 is 5.32 Å². The van der Waals surface area contributed by atoms with E-state index in [1.54, 1.807) is 0 Å². The van der Waals surface area contributed by atoms with E-state index in [2.05, 4.69) is 40.3 Å². The molecule has 1 N–H and O–H groups in total. The fourth-order valence-electron chi connectivity index (χ4n) is 4.69. The molecule has 2 aromatic heterocycles. The fraction of sp³-hybridized carbons (Fsp3) is 0.481. The number of furan rings is 1. The number of carbonyl (C=O) groups is 1. The first-order chi connectivity index (χ1) is 15.4. The summed E-state index contributed by atoms with van der Waals surface area (Å²) < 4.78 is 6.13. The Morgan fingerprint density at radius 2 is 2.00 bits per heavy atom. The lowest BCUT2D eigenvalue weighted by Crippen LogP contribution is -2.45. The van der Waals surface area contributed by atoms with Crippen molar-refractivity contribution < 1.29 is 9.21 Å². The number of amides is 1. The number of benzene rings is 1. The Morgan fingerprint density at radius 1 is 1.22 bits per heavy atom. The van der Waals surface area contributed by atoms with E-state index < -0.39 is 5.41 Å². The highest BCUT2D eigenvalue weighted by Gasteiger charge is 2.33. The van der Waals surface area contributed by atoms with Gasteiger partial charge in [0.2, 0.25) is 5.91 Å². The first kappa shape index (κ1) is 22.5. The Bertz CT molecular complexity index is 1050. The predicted octanol–water partition coefficient (Wildman–Crippen LogP) is 5.51. The molecule has 0 spiro atoms. The van der Waals surface area contributed by atoms with Crippen LogP contribution in [-0.4, -0.2) is 28.9 Å². The second kappa shape index (κ2) is 9.45. The molecule has 2 unspecified atom stereocenters. The summed E-state index contributed by atoms with van der Waals surface area (Å²) in [6, 6.07) is 14.2. The Morgan fingerprint density at radius 3 is 2.72 bits per heavy atom. The van der Waals surface area contributed by atoms with Crippen LogP contribution in [0.5, 0.6) is 0 Å². The molecule has 1 aliphatic heterocycles. The van der Waals surface area contributed by atoms with Gasteiger partial charge in [-0.2, -0.15) is 0 Å². The highest BCUT2D eigenvalue weighted by Crippen LogP contribution is 2.33. The van der Waals surface area contributed by atoms with Gasteiger partial charge in [-0.05, 0) is 43.5 Å². The van der Waals surface area contributed by atoms with Crippen LogP contribution in [0.25, 0.3) is 11.0 Å². The molecule has 1 aliphatic rings. The molecule has 1 saturated heterocycles. The van der Waals surface area contributed by atoms with Crippen LogP contribution in [-0.2, 0) is 17.8 Å². The second-order valence-electron chi connectivity index (χ2n) is 9.95. The quantitative estimate of drug-likeness (QED) is 0.557. The number of rotatable bonds is 6. The number of likely N-dealkylation sites (tertiary alicyclic amines) is 1. The standard InChI is InChI=1S/C27H35N3O2/c1-5-23-21(20-12-6-7-14-24(20)32-23)18-30-16-10-11-19(17-30)25(22-13-8-9-15-28-22)29-26(31)27(2,3)4/h6-9,12-15,19,25H,5,10-11,16-18H2,1-4H3,(H,29,31).